The highest BCUT2D eigenvalue weighted by Gasteiger charge is 2.24. The molecular weight excluding hydrogens is 374 g/mol. The number of rotatable bonds is 10. The van der Waals surface area contributed by atoms with Crippen molar-refractivity contribution in [2.45, 2.75) is 80.3 Å². The van der Waals surface area contributed by atoms with Gasteiger partial charge in [-0.15, -0.1) is 0 Å². The first kappa shape index (κ1) is 24.5. The van der Waals surface area contributed by atoms with E-state index in [1.165, 1.54) is 0 Å². The molecule has 0 spiro atoms. The summed E-state index contributed by atoms with van der Waals surface area (Å²) in [4.78, 5) is 14.9. The molecule has 28 heavy (non-hydrogen) atoms. The van der Waals surface area contributed by atoms with E-state index in [-0.39, 0.29) is 28.9 Å². The van der Waals surface area contributed by atoms with Crippen molar-refractivity contribution in [3.8, 4) is 5.75 Å². The number of carbonyl (C=O) groups excluding carboxylic acids is 1. The van der Waals surface area contributed by atoms with Gasteiger partial charge in [-0.2, -0.15) is 8.42 Å². The Kier molecular flexibility index (Phi) is 8.99. The summed E-state index contributed by atoms with van der Waals surface area (Å²) in [6, 6.07) is 7.09. The van der Waals surface area contributed by atoms with Crippen molar-refractivity contribution in [2.75, 3.05) is 5.75 Å². The number of hydrogen-bond donors (Lipinski definition) is 0. The van der Waals surface area contributed by atoms with E-state index >= 15 is 0 Å². The van der Waals surface area contributed by atoms with Crippen molar-refractivity contribution in [1.82, 2.24) is 4.90 Å². The Morgan fingerprint density at radius 1 is 1.18 bits per heavy atom. The number of nitrogens with zero attached hydrogens (tertiary/aromatic N) is 1. The second-order valence-electron chi connectivity index (χ2n) is 8.93. The van der Waals surface area contributed by atoms with Gasteiger partial charge in [0.2, 0.25) is 5.91 Å². The molecule has 5 nitrogen and oxygen atoms in total. The van der Waals surface area contributed by atoms with Crippen molar-refractivity contribution in [1.29, 1.82) is 0 Å². The first-order valence-electron chi connectivity index (χ1n) is 10.2. The summed E-state index contributed by atoms with van der Waals surface area (Å²) in [6.45, 7) is 14.8. The standard InChI is InChI=1S/C22H37NO4S/c1-8-18(4)23(21(24)13-17(3)15-22(5,6)7)16-19-11-10-12-20(14-19)27-28(25,26)9-2/h10-12,14,17-18H,8-9,13,15-16H2,1-7H3/t17-,18+/m1/s1. The zero-order chi connectivity index (χ0) is 21.5. The van der Waals surface area contributed by atoms with Crippen LogP contribution in [0.15, 0.2) is 24.3 Å². The number of benzene rings is 1. The molecule has 6 heteroatoms. The Bertz CT molecular complexity index is 737. The molecule has 0 aliphatic carbocycles. The van der Waals surface area contributed by atoms with E-state index in [9.17, 15) is 13.2 Å². The normalized spacial score (nSPS) is 14.4. The van der Waals surface area contributed by atoms with E-state index < -0.39 is 10.1 Å². The lowest BCUT2D eigenvalue weighted by Crippen LogP contribution is -2.38. The monoisotopic (exact) mass is 411 g/mol. The number of hydrogen-bond acceptors (Lipinski definition) is 4. The number of amides is 1. The van der Waals surface area contributed by atoms with Crippen molar-refractivity contribution in [3.05, 3.63) is 29.8 Å². The molecule has 0 N–H and O–H groups in total. The summed E-state index contributed by atoms with van der Waals surface area (Å²) < 4.78 is 28.5. The molecule has 0 saturated heterocycles. The van der Waals surface area contributed by atoms with Crippen molar-refractivity contribution >= 4 is 16.0 Å². The van der Waals surface area contributed by atoms with Crippen LogP contribution in [0.25, 0.3) is 0 Å². The molecule has 0 aliphatic rings. The third kappa shape index (κ3) is 8.63. The molecule has 0 fully saturated rings. The molecule has 1 aromatic carbocycles. The molecule has 0 saturated carbocycles. The number of carbonyl (C=O) groups is 1. The molecule has 1 amide bonds. The van der Waals surface area contributed by atoms with Crippen LogP contribution in [0.5, 0.6) is 5.75 Å². The maximum Gasteiger partial charge on any atom is 0.308 e. The van der Waals surface area contributed by atoms with Crippen LogP contribution in [0.3, 0.4) is 0 Å². The minimum absolute atomic E-state index is 0.0830. The van der Waals surface area contributed by atoms with Gasteiger partial charge in [0.25, 0.3) is 0 Å². The largest absolute Gasteiger partial charge is 0.382 e. The van der Waals surface area contributed by atoms with Crippen molar-refractivity contribution in [3.63, 3.8) is 0 Å². The highest BCUT2D eigenvalue weighted by atomic mass is 32.2. The first-order chi connectivity index (χ1) is 12.9. The maximum absolute atomic E-state index is 13.0. The van der Waals surface area contributed by atoms with Crippen LogP contribution in [0.4, 0.5) is 0 Å². The smallest absolute Gasteiger partial charge is 0.308 e. The highest BCUT2D eigenvalue weighted by molar-refractivity contribution is 7.87. The van der Waals surface area contributed by atoms with Crippen LogP contribution in [0.1, 0.15) is 73.3 Å². The van der Waals surface area contributed by atoms with Crippen LogP contribution >= 0.6 is 0 Å². The van der Waals surface area contributed by atoms with Gasteiger partial charge in [-0.1, -0.05) is 46.8 Å². The second-order valence-corrected chi connectivity index (χ2v) is 10.8. The van der Waals surface area contributed by atoms with Gasteiger partial charge < -0.3 is 9.08 Å². The summed E-state index contributed by atoms with van der Waals surface area (Å²) in [5, 5.41) is 0. The van der Waals surface area contributed by atoms with Gasteiger partial charge >= 0.3 is 10.1 Å². The Balaban J connectivity index is 2.93. The van der Waals surface area contributed by atoms with E-state index in [2.05, 4.69) is 34.6 Å². The predicted octanol–water partition coefficient (Wildman–Crippen LogP) is 5.00. The fourth-order valence-electron chi connectivity index (χ4n) is 3.34. The maximum atomic E-state index is 13.0. The van der Waals surface area contributed by atoms with Gasteiger partial charge in [-0.3, -0.25) is 4.79 Å². The quantitative estimate of drug-likeness (QED) is 0.508. The van der Waals surface area contributed by atoms with Crippen molar-refractivity contribution < 1.29 is 17.4 Å². The molecule has 0 unspecified atom stereocenters. The van der Waals surface area contributed by atoms with E-state index in [0.29, 0.717) is 18.9 Å². The zero-order valence-corrected chi connectivity index (χ0v) is 19.3. The van der Waals surface area contributed by atoms with Crippen LogP contribution in [-0.4, -0.2) is 31.0 Å². The molecule has 0 bridgehead atoms. The average Bonchev–Trinajstić information content (AvgIpc) is 2.57. The van der Waals surface area contributed by atoms with Gasteiger partial charge in [0.15, 0.2) is 0 Å². The molecule has 160 valence electrons. The van der Waals surface area contributed by atoms with E-state index in [4.69, 9.17) is 4.18 Å². The minimum atomic E-state index is -3.57. The topological polar surface area (TPSA) is 63.7 Å². The first-order valence-corrected chi connectivity index (χ1v) is 11.7. The van der Waals surface area contributed by atoms with Crippen LogP contribution in [0.2, 0.25) is 0 Å². The van der Waals surface area contributed by atoms with Gasteiger partial charge in [-0.25, -0.2) is 0 Å². The van der Waals surface area contributed by atoms with Gasteiger partial charge in [0, 0.05) is 19.0 Å². The molecule has 2 atom stereocenters. The van der Waals surface area contributed by atoms with Crippen LogP contribution in [-0.2, 0) is 21.5 Å². The fourth-order valence-corrected chi connectivity index (χ4v) is 3.86. The lowest BCUT2D eigenvalue weighted by atomic mass is 9.84. The molecule has 0 aliphatic heterocycles. The van der Waals surface area contributed by atoms with Gasteiger partial charge in [0.1, 0.15) is 5.75 Å². The molecule has 0 heterocycles. The summed E-state index contributed by atoms with van der Waals surface area (Å²) in [5.41, 5.74) is 1.05. The van der Waals surface area contributed by atoms with Crippen LogP contribution < -0.4 is 4.18 Å². The summed E-state index contributed by atoms with van der Waals surface area (Å²) in [6.07, 6.45) is 2.37. The lowest BCUT2D eigenvalue weighted by Gasteiger charge is -2.31. The van der Waals surface area contributed by atoms with Gasteiger partial charge in [0.05, 0.1) is 5.75 Å². The van der Waals surface area contributed by atoms with E-state index in [1.54, 1.807) is 25.1 Å². The molecule has 1 aromatic rings. The molecule has 1 rings (SSSR count). The molecule has 0 aromatic heterocycles. The third-order valence-corrected chi connectivity index (χ3v) is 5.91. The van der Waals surface area contributed by atoms with Crippen LogP contribution in [0, 0.1) is 11.3 Å². The second kappa shape index (κ2) is 10.3. The fraction of sp³-hybridized carbons (Fsp3) is 0.682. The Morgan fingerprint density at radius 2 is 1.82 bits per heavy atom. The molecule has 0 radical (unpaired) electrons. The Morgan fingerprint density at radius 3 is 2.36 bits per heavy atom. The van der Waals surface area contributed by atoms with E-state index in [1.807, 2.05) is 17.9 Å². The minimum Gasteiger partial charge on any atom is -0.382 e. The zero-order valence-electron chi connectivity index (χ0n) is 18.5. The average molecular weight is 412 g/mol. The van der Waals surface area contributed by atoms with E-state index in [0.717, 1.165) is 18.4 Å². The summed E-state index contributed by atoms with van der Waals surface area (Å²) in [7, 11) is -3.57. The Labute approximate surface area is 171 Å². The van der Waals surface area contributed by atoms with Gasteiger partial charge in [-0.05, 0) is 55.7 Å². The SMILES string of the molecule is CC[C@H](C)N(Cc1cccc(OS(=O)(=O)CC)c1)C(=O)C[C@@H](C)CC(C)(C)C. The summed E-state index contributed by atoms with van der Waals surface area (Å²) >= 11 is 0. The Hall–Kier alpha value is -1.56. The highest BCUT2D eigenvalue weighted by Crippen LogP contribution is 2.27. The predicted molar refractivity (Wildman–Crippen MR) is 115 cm³/mol. The molecular formula is C22H37NO4S. The summed E-state index contributed by atoms with van der Waals surface area (Å²) in [5.74, 6) is 0.652. The van der Waals surface area contributed by atoms with Crippen molar-refractivity contribution in [2.24, 2.45) is 11.3 Å². The lowest BCUT2D eigenvalue weighted by molar-refractivity contribution is -0.135. The third-order valence-electron chi connectivity index (χ3n) is 4.76.